The van der Waals surface area contributed by atoms with Crippen LogP contribution in [0.25, 0.3) is 0 Å². The highest BCUT2D eigenvalue weighted by Crippen LogP contribution is 2.20. The second-order valence-corrected chi connectivity index (χ2v) is 4.98. The molecular weight excluding hydrogens is 178 g/mol. The maximum Gasteiger partial charge on any atom is 0.212 e. The zero-order valence-corrected chi connectivity index (χ0v) is 8.01. The van der Waals surface area contributed by atoms with E-state index in [-0.39, 0.29) is 6.10 Å². The van der Waals surface area contributed by atoms with Crippen molar-refractivity contribution in [1.82, 2.24) is 0 Å². The van der Waals surface area contributed by atoms with Gasteiger partial charge in [-0.25, -0.2) is 13.6 Å². The fourth-order valence-electron chi connectivity index (χ4n) is 1.43. The number of sulfonamides is 1. The van der Waals surface area contributed by atoms with Crippen molar-refractivity contribution in [2.24, 2.45) is 5.14 Å². The molecule has 1 aliphatic heterocycles. The van der Waals surface area contributed by atoms with Crippen molar-refractivity contribution in [3.63, 3.8) is 0 Å². The summed E-state index contributed by atoms with van der Waals surface area (Å²) < 4.78 is 27.3. The average molecular weight is 193 g/mol. The van der Waals surface area contributed by atoms with Crippen LogP contribution in [-0.2, 0) is 14.8 Å². The second kappa shape index (κ2) is 3.72. The minimum absolute atomic E-state index is 0.0714. The van der Waals surface area contributed by atoms with Crippen LogP contribution >= 0.6 is 0 Å². The van der Waals surface area contributed by atoms with E-state index < -0.39 is 15.3 Å². The maximum absolute atomic E-state index is 11.0. The third-order valence-corrected chi connectivity index (χ3v) is 3.60. The number of rotatable bonds is 2. The molecule has 0 aromatic rings. The lowest BCUT2D eigenvalue weighted by molar-refractivity contribution is 0.0158. The molecule has 0 aliphatic carbocycles. The van der Waals surface area contributed by atoms with Crippen molar-refractivity contribution >= 4 is 10.0 Å². The van der Waals surface area contributed by atoms with Crippen LogP contribution < -0.4 is 5.14 Å². The molecule has 1 fully saturated rings. The number of hydrogen-bond donors (Lipinski definition) is 1. The van der Waals surface area contributed by atoms with E-state index in [0.29, 0.717) is 19.4 Å². The van der Waals surface area contributed by atoms with E-state index in [1.54, 1.807) is 0 Å². The third-order valence-electron chi connectivity index (χ3n) is 2.24. The molecule has 1 rings (SSSR count). The van der Waals surface area contributed by atoms with Crippen LogP contribution in [0.3, 0.4) is 0 Å². The first-order valence-electron chi connectivity index (χ1n) is 4.17. The Bertz CT molecular complexity index is 237. The molecule has 1 saturated heterocycles. The molecule has 2 unspecified atom stereocenters. The Labute approximate surface area is 73.1 Å². The van der Waals surface area contributed by atoms with Crippen molar-refractivity contribution in [3.8, 4) is 0 Å². The maximum atomic E-state index is 11.0. The van der Waals surface area contributed by atoms with Crippen molar-refractivity contribution in [2.45, 2.75) is 37.5 Å². The van der Waals surface area contributed by atoms with Gasteiger partial charge in [0.15, 0.2) is 0 Å². The van der Waals surface area contributed by atoms with Crippen molar-refractivity contribution < 1.29 is 13.2 Å². The van der Waals surface area contributed by atoms with Gasteiger partial charge in [0, 0.05) is 6.61 Å². The summed E-state index contributed by atoms with van der Waals surface area (Å²) in [5.74, 6) is 0. The topological polar surface area (TPSA) is 69.4 Å². The van der Waals surface area contributed by atoms with Gasteiger partial charge in [-0.05, 0) is 19.3 Å². The van der Waals surface area contributed by atoms with Gasteiger partial charge in [0.2, 0.25) is 10.0 Å². The molecule has 2 N–H and O–H groups in total. The fourth-order valence-corrected chi connectivity index (χ4v) is 2.34. The first-order chi connectivity index (χ1) is 5.54. The van der Waals surface area contributed by atoms with E-state index in [0.717, 1.165) is 6.42 Å². The molecule has 12 heavy (non-hydrogen) atoms. The monoisotopic (exact) mass is 193 g/mol. The minimum atomic E-state index is -3.35. The lowest BCUT2D eigenvalue weighted by atomic mass is 10.1. The van der Waals surface area contributed by atoms with E-state index in [9.17, 15) is 8.42 Å². The largest absolute Gasteiger partial charge is 0.378 e. The summed E-state index contributed by atoms with van der Waals surface area (Å²) in [6.45, 7) is 2.50. The molecule has 0 aromatic carbocycles. The molecule has 72 valence electrons. The van der Waals surface area contributed by atoms with Crippen LogP contribution in [0.2, 0.25) is 0 Å². The van der Waals surface area contributed by atoms with Gasteiger partial charge in [0.05, 0.1) is 11.4 Å². The highest BCUT2D eigenvalue weighted by Gasteiger charge is 2.28. The Morgan fingerprint density at radius 1 is 1.58 bits per heavy atom. The Hall–Kier alpha value is -0.130. The molecule has 4 nitrogen and oxygen atoms in total. The molecule has 0 amide bonds. The summed E-state index contributed by atoms with van der Waals surface area (Å²) in [6.07, 6.45) is 2.01. The van der Waals surface area contributed by atoms with Gasteiger partial charge >= 0.3 is 0 Å². The second-order valence-electron chi connectivity index (χ2n) is 3.14. The number of primary sulfonamides is 1. The van der Waals surface area contributed by atoms with Gasteiger partial charge < -0.3 is 4.74 Å². The molecule has 2 atom stereocenters. The standard InChI is InChI=1S/C7H15NO3S/c1-2-6-5-7(3-4-11-6)12(8,9)10/h6-7H,2-5H2,1H3,(H2,8,9,10). The van der Waals surface area contributed by atoms with E-state index >= 15 is 0 Å². The molecule has 0 bridgehead atoms. The lowest BCUT2D eigenvalue weighted by Gasteiger charge is -2.27. The normalized spacial score (nSPS) is 31.8. The lowest BCUT2D eigenvalue weighted by Crippen LogP contribution is -2.37. The summed E-state index contributed by atoms with van der Waals surface area (Å²) in [5, 5.41) is 4.65. The van der Waals surface area contributed by atoms with Crippen LogP contribution in [-0.4, -0.2) is 26.4 Å². The van der Waals surface area contributed by atoms with Gasteiger partial charge in [0.25, 0.3) is 0 Å². The van der Waals surface area contributed by atoms with Crippen molar-refractivity contribution in [3.05, 3.63) is 0 Å². The Morgan fingerprint density at radius 3 is 2.75 bits per heavy atom. The zero-order valence-electron chi connectivity index (χ0n) is 7.19. The summed E-state index contributed by atoms with van der Waals surface area (Å²) >= 11 is 0. The molecule has 1 aliphatic rings. The average Bonchev–Trinajstić information content (AvgIpc) is 2.03. The number of nitrogens with two attached hydrogens (primary N) is 1. The van der Waals surface area contributed by atoms with Crippen LogP contribution in [0.5, 0.6) is 0 Å². The molecular formula is C7H15NO3S. The smallest absolute Gasteiger partial charge is 0.212 e. The molecule has 5 heteroatoms. The van der Waals surface area contributed by atoms with Crippen molar-refractivity contribution in [1.29, 1.82) is 0 Å². The van der Waals surface area contributed by atoms with Gasteiger partial charge in [-0.3, -0.25) is 0 Å². The van der Waals surface area contributed by atoms with Crippen LogP contribution in [0.15, 0.2) is 0 Å². The predicted octanol–water partition coefficient (Wildman–Crippen LogP) is 0.233. The SMILES string of the molecule is CCC1CC(S(N)(=O)=O)CCO1. The van der Waals surface area contributed by atoms with Gasteiger partial charge in [-0.1, -0.05) is 6.92 Å². The predicted molar refractivity (Wildman–Crippen MR) is 46.2 cm³/mol. The van der Waals surface area contributed by atoms with Gasteiger partial charge in [-0.2, -0.15) is 0 Å². The fraction of sp³-hybridized carbons (Fsp3) is 1.00. The molecule has 0 spiro atoms. The molecule has 0 saturated carbocycles. The highest BCUT2D eigenvalue weighted by molar-refractivity contribution is 7.89. The summed E-state index contributed by atoms with van der Waals surface area (Å²) in [6, 6.07) is 0. The highest BCUT2D eigenvalue weighted by atomic mass is 32.2. The minimum Gasteiger partial charge on any atom is -0.378 e. The molecule has 1 heterocycles. The van der Waals surface area contributed by atoms with Gasteiger partial charge in [0.1, 0.15) is 0 Å². The van der Waals surface area contributed by atoms with E-state index in [4.69, 9.17) is 9.88 Å². The first-order valence-corrected chi connectivity index (χ1v) is 5.78. The zero-order chi connectivity index (χ0) is 9.19. The van der Waals surface area contributed by atoms with Crippen LogP contribution in [0.1, 0.15) is 26.2 Å². The quantitative estimate of drug-likeness (QED) is 0.682. The molecule has 0 radical (unpaired) electrons. The summed E-state index contributed by atoms with van der Waals surface area (Å²) in [5.41, 5.74) is 0. The van der Waals surface area contributed by atoms with E-state index in [1.807, 2.05) is 6.92 Å². The number of ether oxygens (including phenoxy) is 1. The summed E-state index contributed by atoms with van der Waals surface area (Å²) in [7, 11) is -3.35. The summed E-state index contributed by atoms with van der Waals surface area (Å²) in [4.78, 5) is 0. The van der Waals surface area contributed by atoms with Gasteiger partial charge in [-0.15, -0.1) is 0 Å². The Morgan fingerprint density at radius 2 is 2.25 bits per heavy atom. The first kappa shape index (κ1) is 9.95. The van der Waals surface area contributed by atoms with Crippen LogP contribution in [0, 0.1) is 0 Å². The van der Waals surface area contributed by atoms with E-state index in [2.05, 4.69) is 0 Å². The van der Waals surface area contributed by atoms with Crippen molar-refractivity contribution in [2.75, 3.05) is 6.61 Å². The Kier molecular flexibility index (Phi) is 3.09. The number of hydrogen-bond acceptors (Lipinski definition) is 3. The van der Waals surface area contributed by atoms with Crippen LogP contribution in [0.4, 0.5) is 0 Å². The third kappa shape index (κ3) is 2.43. The van der Waals surface area contributed by atoms with E-state index in [1.165, 1.54) is 0 Å². The molecule has 0 aromatic heterocycles. The Balaban J connectivity index is 2.58.